The maximum absolute atomic E-state index is 5.84. The molecule has 1 N–H and O–H groups in total. The maximum atomic E-state index is 5.84. The number of halogens is 1. The van der Waals surface area contributed by atoms with Crippen LogP contribution in [0.4, 0.5) is 5.69 Å². The van der Waals surface area contributed by atoms with E-state index in [1.165, 1.54) is 0 Å². The molecule has 0 atom stereocenters. The first-order valence-electron chi connectivity index (χ1n) is 6.37. The van der Waals surface area contributed by atoms with E-state index in [2.05, 4.69) is 17.3 Å². The first-order chi connectivity index (χ1) is 9.13. The summed E-state index contributed by atoms with van der Waals surface area (Å²) in [7, 11) is 2.08. The summed E-state index contributed by atoms with van der Waals surface area (Å²) in [5.74, 6) is 1.97. The molecule has 0 saturated heterocycles. The lowest BCUT2D eigenvalue weighted by Crippen LogP contribution is -2.24. The van der Waals surface area contributed by atoms with Crippen molar-refractivity contribution in [3.05, 3.63) is 52.9 Å². The van der Waals surface area contributed by atoms with Gasteiger partial charge in [-0.05, 0) is 50.4 Å². The van der Waals surface area contributed by atoms with Crippen molar-refractivity contribution in [3.8, 4) is 0 Å². The zero-order valence-corrected chi connectivity index (χ0v) is 12.1. The molecular weight excluding hydrogens is 260 g/mol. The molecule has 1 heterocycles. The molecule has 0 saturated carbocycles. The van der Waals surface area contributed by atoms with Gasteiger partial charge in [0.2, 0.25) is 0 Å². The highest BCUT2D eigenvalue weighted by Gasteiger charge is 2.03. The van der Waals surface area contributed by atoms with E-state index >= 15 is 0 Å². The van der Waals surface area contributed by atoms with Gasteiger partial charge in [0.15, 0.2) is 0 Å². The minimum Gasteiger partial charge on any atom is -0.465 e. The van der Waals surface area contributed by atoms with Crippen LogP contribution in [0.2, 0.25) is 5.02 Å². The fourth-order valence-electron chi connectivity index (χ4n) is 1.87. The minimum absolute atomic E-state index is 0.760. The van der Waals surface area contributed by atoms with Crippen molar-refractivity contribution in [1.29, 1.82) is 0 Å². The number of benzene rings is 1. The summed E-state index contributed by atoms with van der Waals surface area (Å²) in [6, 6.07) is 11.8. The van der Waals surface area contributed by atoms with Gasteiger partial charge >= 0.3 is 0 Å². The number of anilines is 1. The van der Waals surface area contributed by atoms with Gasteiger partial charge in [0.1, 0.15) is 11.5 Å². The molecule has 0 amide bonds. The first-order valence-corrected chi connectivity index (χ1v) is 6.74. The van der Waals surface area contributed by atoms with E-state index in [0.29, 0.717) is 0 Å². The zero-order chi connectivity index (χ0) is 13.7. The molecular formula is C15H19ClN2O. The molecule has 0 bridgehead atoms. The molecule has 0 aliphatic carbocycles. The number of nitrogens with zero attached hydrogens (tertiary/aromatic N) is 1. The number of hydrogen-bond acceptors (Lipinski definition) is 3. The van der Waals surface area contributed by atoms with Crippen LogP contribution in [0.15, 0.2) is 40.8 Å². The van der Waals surface area contributed by atoms with Gasteiger partial charge in [-0.15, -0.1) is 0 Å². The van der Waals surface area contributed by atoms with Crippen molar-refractivity contribution in [1.82, 2.24) is 4.90 Å². The smallest absolute Gasteiger partial charge is 0.118 e. The highest BCUT2D eigenvalue weighted by Crippen LogP contribution is 2.13. The van der Waals surface area contributed by atoms with Crippen LogP contribution in [0.3, 0.4) is 0 Å². The van der Waals surface area contributed by atoms with Gasteiger partial charge in [0.25, 0.3) is 0 Å². The monoisotopic (exact) mass is 278 g/mol. The van der Waals surface area contributed by atoms with E-state index in [-0.39, 0.29) is 0 Å². The molecule has 4 heteroatoms. The van der Waals surface area contributed by atoms with Crippen LogP contribution in [-0.2, 0) is 6.54 Å². The summed E-state index contributed by atoms with van der Waals surface area (Å²) in [6.45, 7) is 4.63. The number of rotatable bonds is 6. The van der Waals surface area contributed by atoms with Gasteiger partial charge in [-0.3, -0.25) is 4.90 Å². The SMILES string of the molecule is Cc1ccc(CN(C)CCNc2ccc(Cl)cc2)o1. The highest BCUT2D eigenvalue weighted by atomic mass is 35.5. The Balaban J connectivity index is 1.71. The molecule has 3 nitrogen and oxygen atoms in total. The number of likely N-dealkylation sites (N-methyl/N-ethyl adjacent to an activating group) is 1. The summed E-state index contributed by atoms with van der Waals surface area (Å²) in [5.41, 5.74) is 1.09. The standard InChI is InChI=1S/C15H19ClN2O/c1-12-3-8-15(19-12)11-18(2)10-9-17-14-6-4-13(16)5-7-14/h3-8,17H,9-11H2,1-2H3. The molecule has 1 aromatic carbocycles. The van der Waals surface area contributed by atoms with Crippen LogP contribution in [0.1, 0.15) is 11.5 Å². The van der Waals surface area contributed by atoms with Gasteiger partial charge < -0.3 is 9.73 Å². The van der Waals surface area contributed by atoms with E-state index in [1.807, 2.05) is 43.3 Å². The lowest BCUT2D eigenvalue weighted by molar-refractivity contribution is 0.302. The van der Waals surface area contributed by atoms with Crippen molar-refractivity contribution in [3.63, 3.8) is 0 Å². The van der Waals surface area contributed by atoms with Crippen molar-refractivity contribution in [2.45, 2.75) is 13.5 Å². The molecule has 0 unspecified atom stereocenters. The summed E-state index contributed by atoms with van der Waals surface area (Å²) in [4.78, 5) is 2.22. The van der Waals surface area contributed by atoms with Gasteiger partial charge in [-0.2, -0.15) is 0 Å². The quantitative estimate of drug-likeness (QED) is 0.871. The van der Waals surface area contributed by atoms with Gasteiger partial charge in [-0.25, -0.2) is 0 Å². The van der Waals surface area contributed by atoms with Crippen LogP contribution in [-0.4, -0.2) is 25.0 Å². The number of aryl methyl sites for hydroxylation is 1. The Hall–Kier alpha value is -1.45. The average Bonchev–Trinajstić information content (AvgIpc) is 2.77. The molecule has 19 heavy (non-hydrogen) atoms. The largest absolute Gasteiger partial charge is 0.465 e. The summed E-state index contributed by atoms with van der Waals surface area (Å²) in [6.07, 6.45) is 0. The predicted molar refractivity (Wildman–Crippen MR) is 79.7 cm³/mol. The second kappa shape index (κ2) is 6.64. The van der Waals surface area contributed by atoms with E-state index < -0.39 is 0 Å². The second-order valence-electron chi connectivity index (χ2n) is 4.68. The third-order valence-corrected chi connectivity index (χ3v) is 3.14. The lowest BCUT2D eigenvalue weighted by atomic mass is 10.3. The Morgan fingerprint density at radius 1 is 1.16 bits per heavy atom. The lowest BCUT2D eigenvalue weighted by Gasteiger charge is -2.16. The van der Waals surface area contributed by atoms with Gasteiger partial charge in [0, 0.05) is 23.8 Å². The van der Waals surface area contributed by atoms with Crippen molar-refractivity contribution >= 4 is 17.3 Å². The Morgan fingerprint density at radius 2 is 1.89 bits per heavy atom. The average molecular weight is 279 g/mol. The molecule has 2 rings (SSSR count). The zero-order valence-electron chi connectivity index (χ0n) is 11.3. The number of furan rings is 1. The van der Waals surface area contributed by atoms with Gasteiger partial charge in [-0.1, -0.05) is 11.6 Å². The maximum Gasteiger partial charge on any atom is 0.118 e. The van der Waals surface area contributed by atoms with Gasteiger partial charge in [0.05, 0.1) is 6.54 Å². The Morgan fingerprint density at radius 3 is 2.53 bits per heavy atom. The van der Waals surface area contributed by atoms with Crippen LogP contribution in [0.5, 0.6) is 0 Å². The van der Waals surface area contributed by atoms with E-state index in [4.69, 9.17) is 16.0 Å². The number of nitrogens with one attached hydrogen (secondary N) is 1. The third kappa shape index (κ3) is 4.62. The molecule has 0 aliphatic heterocycles. The summed E-state index contributed by atoms with van der Waals surface area (Å²) < 4.78 is 5.56. The fourth-order valence-corrected chi connectivity index (χ4v) is 2.00. The molecule has 1 aromatic heterocycles. The van der Waals surface area contributed by atoms with Crippen molar-refractivity contribution < 1.29 is 4.42 Å². The predicted octanol–water partition coefficient (Wildman–Crippen LogP) is 3.79. The fraction of sp³-hybridized carbons (Fsp3) is 0.333. The topological polar surface area (TPSA) is 28.4 Å². The summed E-state index contributed by atoms with van der Waals surface area (Å²) >= 11 is 5.84. The van der Waals surface area contributed by atoms with Crippen molar-refractivity contribution in [2.75, 3.05) is 25.5 Å². The first kappa shape index (κ1) is 14.0. The normalized spacial score (nSPS) is 10.9. The van der Waals surface area contributed by atoms with Crippen LogP contribution < -0.4 is 5.32 Å². The van der Waals surface area contributed by atoms with Crippen LogP contribution >= 0.6 is 11.6 Å². The Kier molecular flexibility index (Phi) is 4.88. The van der Waals surface area contributed by atoms with E-state index in [1.54, 1.807) is 0 Å². The highest BCUT2D eigenvalue weighted by molar-refractivity contribution is 6.30. The molecule has 0 spiro atoms. The third-order valence-electron chi connectivity index (χ3n) is 2.89. The molecule has 0 fully saturated rings. The minimum atomic E-state index is 0.760. The Bertz CT molecular complexity index is 507. The summed E-state index contributed by atoms with van der Waals surface area (Å²) in [5, 5.41) is 4.12. The Labute approximate surface area is 119 Å². The second-order valence-corrected chi connectivity index (χ2v) is 5.12. The number of hydrogen-bond donors (Lipinski definition) is 1. The molecule has 0 radical (unpaired) electrons. The van der Waals surface area contributed by atoms with Crippen LogP contribution in [0, 0.1) is 6.92 Å². The van der Waals surface area contributed by atoms with Crippen molar-refractivity contribution in [2.24, 2.45) is 0 Å². The molecule has 2 aromatic rings. The molecule has 102 valence electrons. The molecule has 0 aliphatic rings. The van der Waals surface area contributed by atoms with Crippen LogP contribution in [0.25, 0.3) is 0 Å². The van der Waals surface area contributed by atoms with E-state index in [9.17, 15) is 0 Å². The van der Waals surface area contributed by atoms with E-state index in [0.717, 1.165) is 41.9 Å².